The lowest BCUT2D eigenvalue weighted by atomic mass is 10.1. The van der Waals surface area contributed by atoms with Crippen LogP contribution in [-0.2, 0) is 0 Å². The van der Waals surface area contributed by atoms with E-state index in [0.717, 1.165) is 24.3 Å². The molecule has 1 aromatic carbocycles. The average molecular weight is 429 g/mol. The molecule has 1 aliphatic rings. The lowest BCUT2D eigenvalue weighted by molar-refractivity contribution is 0.0594. The summed E-state index contributed by atoms with van der Waals surface area (Å²) in [4.78, 5) is 19.3. The highest BCUT2D eigenvalue weighted by molar-refractivity contribution is 5.95. The van der Waals surface area contributed by atoms with Crippen molar-refractivity contribution < 1.29 is 23.7 Å². The van der Waals surface area contributed by atoms with Crippen molar-refractivity contribution in [1.29, 1.82) is 0 Å². The van der Waals surface area contributed by atoms with E-state index in [1.165, 1.54) is 0 Å². The number of likely N-dealkylation sites (tertiary alicyclic amines) is 1. The standard InChI is InChI=1S/C24H32N2O5/c1-5-28-21-14-18(15-22(29-6-2)23(21)30-7-3)24(27)26-12-10-19(11-13-26)31-20-9-8-17(4)25-16-20/h8-9,14-16,19H,5-7,10-13H2,1-4H3. The molecule has 0 unspecified atom stereocenters. The summed E-state index contributed by atoms with van der Waals surface area (Å²) in [5.41, 5.74) is 1.50. The average Bonchev–Trinajstić information content (AvgIpc) is 2.78. The van der Waals surface area contributed by atoms with Crippen molar-refractivity contribution in [2.45, 2.75) is 46.6 Å². The lowest BCUT2D eigenvalue weighted by Gasteiger charge is -2.32. The van der Waals surface area contributed by atoms with Crippen molar-refractivity contribution >= 4 is 5.91 Å². The molecule has 31 heavy (non-hydrogen) atoms. The zero-order chi connectivity index (χ0) is 22.2. The van der Waals surface area contributed by atoms with Gasteiger partial charge in [-0.15, -0.1) is 0 Å². The Labute approximate surface area is 184 Å². The number of aryl methyl sites for hydroxylation is 1. The molecule has 168 valence electrons. The van der Waals surface area contributed by atoms with Crippen LogP contribution >= 0.6 is 0 Å². The minimum absolute atomic E-state index is 0.0413. The molecule has 7 heteroatoms. The van der Waals surface area contributed by atoms with Gasteiger partial charge in [0.15, 0.2) is 11.5 Å². The highest BCUT2D eigenvalue weighted by Crippen LogP contribution is 2.39. The van der Waals surface area contributed by atoms with E-state index in [-0.39, 0.29) is 12.0 Å². The van der Waals surface area contributed by atoms with Crippen LogP contribution in [0.3, 0.4) is 0 Å². The third-order valence-electron chi connectivity index (χ3n) is 5.07. The van der Waals surface area contributed by atoms with E-state index in [2.05, 4.69) is 4.98 Å². The Morgan fingerprint density at radius 1 is 1.00 bits per heavy atom. The van der Waals surface area contributed by atoms with Gasteiger partial charge in [-0.3, -0.25) is 9.78 Å². The molecule has 1 aromatic heterocycles. The van der Waals surface area contributed by atoms with Crippen molar-refractivity contribution in [2.24, 2.45) is 0 Å². The number of nitrogens with zero attached hydrogens (tertiary/aromatic N) is 2. The number of benzene rings is 1. The largest absolute Gasteiger partial charge is 0.490 e. The number of aromatic nitrogens is 1. The topological polar surface area (TPSA) is 70.1 Å². The predicted molar refractivity (Wildman–Crippen MR) is 118 cm³/mol. The summed E-state index contributed by atoms with van der Waals surface area (Å²) in [6, 6.07) is 7.37. The minimum Gasteiger partial charge on any atom is -0.490 e. The maximum Gasteiger partial charge on any atom is 0.254 e. The van der Waals surface area contributed by atoms with Crippen LogP contribution in [0.1, 0.15) is 49.7 Å². The minimum atomic E-state index is -0.0413. The molecule has 0 atom stereocenters. The Morgan fingerprint density at radius 3 is 2.13 bits per heavy atom. The number of hydrogen-bond donors (Lipinski definition) is 0. The third-order valence-corrected chi connectivity index (χ3v) is 5.07. The number of piperidine rings is 1. The van der Waals surface area contributed by atoms with Gasteiger partial charge in [-0.1, -0.05) is 0 Å². The molecule has 1 fully saturated rings. The highest BCUT2D eigenvalue weighted by atomic mass is 16.5. The molecule has 1 aliphatic heterocycles. The Bertz CT molecular complexity index is 834. The van der Waals surface area contributed by atoms with Crippen molar-refractivity contribution in [2.75, 3.05) is 32.9 Å². The van der Waals surface area contributed by atoms with Crippen LogP contribution in [0.5, 0.6) is 23.0 Å². The molecular weight excluding hydrogens is 396 g/mol. The van der Waals surface area contributed by atoms with E-state index in [0.29, 0.717) is 55.7 Å². The molecule has 0 spiro atoms. The van der Waals surface area contributed by atoms with E-state index < -0.39 is 0 Å². The van der Waals surface area contributed by atoms with Crippen LogP contribution in [0.2, 0.25) is 0 Å². The van der Waals surface area contributed by atoms with Gasteiger partial charge in [0.25, 0.3) is 5.91 Å². The summed E-state index contributed by atoms with van der Waals surface area (Å²) >= 11 is 0. The fraction of sp³-hybridized carbons (Fsp3) is 0.500. The SMILES string of the molecule is CCOc1cc(C(=O)N2CCC(Oc3ccc(C)nc3)CC2)cc(OCC)c1OCC. The van der Waals surface area contributed by atoms with Gasteiger partial charge < -0.3 is 23.8 Å². The molecule has 2 aromatic rings. The second kappa shape index (κ2) is 10.9. The summed E-state index contributed by atoms with van der Waals surface area (Å²) in [5, 5.41) is 0. The highest BCUT2D eigenvalue weighted by Gasteiger charge is 2.27. The van der Waals surface area contributed by atoms with E-state index in [1.807, 2.05) is 44.7 Å². The van der Waals surface area contributed by atoms with Gasteiger partial charge in [-0.25, -0.2) is 0 Å². The van der Waals surface area contributed by atoms with Crippen LogP contribution in [0.15, 0.2) is 30.5 Å². The summed E-state index contributed by atoms with van der Waals surface area (Å²) in [6.07, 6.45) is 3.37. The fourth-order valence-corrected chi connectivity index (χ4v) is 3.59. The molecule has 1 saturated heterocycles. The molecule has 0 aliphatic carbocycles. The van der Waals surface area contributed by atoms with Gasteiger partial charge in [0.2, 0.25) is 5.75 Å². The van der Waals surface area contributed by atoms with Crippen LogP contribution in [0, 0.1) is 6.92 Å². The van der Waals surface area contributed by atoms with Gasteiger partial charge in [-0.2, -0.15) is 0 Å². The first-order valence-electron chi connectivity index (χ1n) is 11.0. The molecule has 2 heterocycles. The van der Waals surface area contributed by atoms with Gasteiger partial charge in [0, 0.05) is 37.2 Å². The Balaban J connectivity index is 1.70. The lowest BCUT2D eigenvalue weighted by Crippen LogP contribution is -2.41. The normalized spacial score (nSPS) is 14.3. The summed E-state index contributed by atoms with van der Waals surface area (Å²) in [7, 11) is 0. The summed E-state index contributed by atoms with van der Waals surface area (Å²) in [6.45, 7) is 10.3. The zero-order valence-corrected chi connectivity index (χ0v) is 18.8. The number of carbonyl (C=O) groups excluding carboxylic acids is 1. The van der Waals surface area contributed by atoms with Gasteiger partial charge >= 0.3 is 0 Å². The van der Waals surface area contributed by atoms with Crippen molar-refractivity contribution in [3.8, 4) is 23.0 Å². The number of amides is 1. The number of rotatable bonds is 9. The van der Waals surface area contributed by atoms with Crippen LogP contribution in [0.4, 0.5) is 0 Å². The molecule has 0 saturated carbocycles. The van der Waals surface area contributed by atoms with E-state index in [4.69, 9.17) is 18.9 Å². The smallest absolute Gasteiger partial charge is 0.254 e. The first-order chi connectivity index (χ1) is 15.0. The predicted octanol–water partition coefficient (Wildman–Crippen LogP) is 4.27. The quantitative estimate of drug-likeness (QED) is 0.594. The zero-order valence-electron chi connectivity index (χ0n) is 18.8. The first kappa shape index (κ1) is 22.7. The van der Waals surface area contributed by atoms with Crippen molar-refractivity contribution in [3.05, 3.63) is 41.7 Å². The molecule has 3 rings (SSSR count). The Hall–Kier alpha value is -2.96. The number of hydrogen-bond acceptors (Lipinski definition) is 6. The van der Waals surface area contributed by atoms with Gasteiger partial charge in [0.05, 0.1) is 26.0 Å². The molecule has 0 N–H and O–H groups in total. The molecule has 0 radical (unpaired) electrons. The molecule has 0 bridgehead atoms. The van der Waals surface area contributed by atoms with Crippen LogP contribution in [0.25, 0.3) is 0 Å². The molecule has 1 amide bonds. The van der Waals surface area contributed by atoms with Gasteiger partial charge in [-0.05, 0) is 52.0 Å². The van der Waals surface area contributed by atoms with Crippen LogP contribution in [-0.4, -0.2) is 54.8 Å². The van der Waals surface area contributed by atoms with E-state index in [1.54, 1.807) is 18.3 Å². The van der Waals surface area contributed by atoms with E-state index >= 15 is 0 Å². The summed E-state index contributed by atoms with van der Waals surface area (Å²) < 4.78 is 23.3. The molecule has 7 nitrogen and oxygen atoms in total. The maximum absolute atomic E-state index is 13.2. The van der Waals surface area contributed by atoms with Crippen molar-refractivity contribution in [3.63, 3.8) is 0 Å². The van der Waals surface area contributed by atoms with Crippen LogP contribution < -0.4 is 18.9 Å². The van der Waals surface area contributed by atoms with E-state index in [9.17, 15) is 4.79 Å². The number of carbonyl (C=O) groups is 1. The number of ether oxygens (including phenoxy) is 4. The second-order valence-corrected chi connectivity index (χ2v) is 7.35. The van der Waals surface area contributed by atoms with Crippen molar-refractivity contribution in [1.82, 2.24) is 9.88 Å². The van der Waals surface area contributed by atoms with Gasteiger partial charge in [0.1, 0.15) is 11.9 Å². The molecular formula is C24H32N2O5. The third kappa shape index (κ3) is 5.81. The summed E-state index contributed by atoms with van der Waals surface area (Å²) in [5.74, 6) is 2.33. The first-order valence-corrected chi connectivity index (χ1v) is 11.0. The fourth-order valence-electron chi connectivity index (χ4n) is 3.59. The monoisotopic (exact) mass is 428 g/mol. The number of pyridine rings is 1. The maximum atomic E-state index is 13.2. The Kier molecular flexibility index (Phi) is 7.98. The Morgan fingerprint density at radius 2 is 1.61 bits per heavy atom. The second-order valence-electron chi connectivity index (χ2n) is 7.35.